The van der Waals surface area contributed by atoms with Gasteiger partial charge in [-0.2, -0.15) is 0 Å². The fourth-order valence-corrected chi connectivity index (χ4v) is 9.17. The van der Waals surface area contributed by atoms with Crippen LogP contribution in [0.25, 0.3) is 98.8 Å². The van der Waals surface area contributed by atoms with E-state index in [0.29, 0.717) is 0 Å². The Balaban J connectivity index is 1.17. The molecular weight excluding hydrogens is 605 g/mol. The van der Waals surface area contributed by atoms with Gasteiger partial charge in [-0.3, -0.25) is 0 Å². The number of hydrogen-bond acceptors (Lipinski definition) is 1. The number of fused-ring (bicyclic) bond motifs is 6. The predicted molar refractivity (Wildman–Crippen MR) is 211 cm³/mol. The van der Waals surface area contributed by atoms with E-state index in [1.54, 1.807) is 0 Å². The van der Waals surface area contributed by atoms with Crippen molar-refractivity contribution >= 4 is 54.3 Å². The van der Waals surface area contributed by atoms with Crippen molar-refractivity contribution in [3.63, 3.8) is 0 Å². The van der Waals surface area contributed by atoms with Gasteiger partial charge in [0, 0.05) is 21.8 Å². The van der Waals surface area contributed by atoms with Gasteiger partial charge in [0.15, 0.2) is 0 Å². The van der Waals surface area contributed by atoms with Gasteiger partial charge in [-0.05, 0) is 88.5 Å². The van der Waals surface area contributed by atoms with E-state index in [1.165, 1.54) is 82.4 Å². The van der Waals surface area contributed by atoms with Crippen LogP contribution in [0.3, 0.4) is 0 Å². The van der Waals surface area contributed by atoms with Crippen LogP contribution in [0, 0.1) is 0 Å². The number of para-hydroxylation sites is 1. The maximum absolute atomic E-state index is 6.89. The van der Waals surface area contributed by atoms with Gasteiger partial charge in [0.25, 0.3) is 0 Å². The highest BCUT2D eigenvalue weighted by Crippen LogP contribution is 2.53. The van der Waals surface area contributed by atoms with Crippen molar-refractivity contribution < 1.29 is 4.42 Å². The third-order valence-electron chi connectivity index (χ3n) is 11.5. The summed E-state index contributed by atoms with van der Waals surface area (Å²) >= 11 is 0. The molecule has 0 atom stereocenters. The Labute approximate surface area is 290 Å². The Morgan fingerprint density at radius 3 is 1.80 bits per heavy atom. The van der Waals surface area contributed by atoms with Crippen molar-refractivity contribution in [3.05, 3.63) is 169 Å². The molecule has 50 heavy (non-hydrogen) atoms. The van der Waals surface area contributed by atoms with Crippen LogP contribution in [0.4, 0.5) is 0 Å². The fourth-order valence-electron chi connectivity index (χ4n) is 9.17. The summed E-state index contributed by atoms with van der Waals surface area (Å²) in [4.78, 5) is 0. The molecule has 234 valence electrons. The highest BCUT2D eigenvalue weighted by atomic mass is 16.3. The molecule has 0 fully saturated rings. The third-order valence-corrected chi connectivity index (χ3v) is 11.5. The summed E-state index contributed by atoms with van der Waals surface area (Å²) in [6.45, 7) is 4.68. The van der Waals surface area contributed by atoms with Crippen molar-refractivity contribution in [3.8, 4) is 44.5 Å². The second-order valence-electron chi connectivity index (χ2n) is 14.4. The van der Waals surface area contributed by atoms with Crippen molar-refractivity contribution in [2.45, 2.75) is 19.3 Å². The lowest BCUT2D eigenvalue weighted by molar-refractivity contribution is 0.660. The summed E-state index contributed by atoms with van der Waals surface area (Å²) in [5.41, 5.74) is 14.5. The summed E-state index contributed by atoms with van der Waals surface area (Å²) < 4.78 is 6.89. The van der Waals surface area contributed by atoms with Gasteiger partial charge in [0.05, 0.1) is 0 Å². The molecule has 1 heterocycles. The first kappa shape index (κ1) is 27.7. The molecule has 1 aliphatic rings. The summed E-state index contributed by atoms with van der Waals surface area (Å²) in [5, 5.41) is 10.1. The van der Waals surface area contributed by atoms with Crippen LogP contribution in [-0.2, 0) is 5.41 Å². The number of rotatable bonds is 3. The van der Waals surface area contributed by atoms with Crippen LogP contribution in [0.5, 0.6) is 0 Å². The van der Waals surface area contributed by atoms with Gasteiger partial charge < -0.3 is 4.42 Å². The van der Waals surface area contributed by atoms with Gasteiger partial charge in [0.1, 0.15) is 11.2 Å². The first-order chi connectivity index (χ1) is 24.6. The largest absolute Gasteiger partial charge is 0.455 e. The maximum Gasteiger partial charge on any atom is 0.143 e. The molecule has 1 nitrogen and oxygen atoms in total. The molecule has 9 aromatic carbocycles. The molecule has 10 aromatic rings. The summed E-state index contributed by atoms with van der Waals surface area (Å²) in [7, 11) is 0. The SMILES string of the molecule is CC1(C)c2ccccc2-c2c(-c3cccc4c3oc3cccc(-c5ccc6ccc7c(-c8ccccc8)ccc8ccc5c6c87)c34)cccc21. The summed E-state index contributed by atoms with van der Waals surface area (Å²) in [6.07, 6.45) is 0. The monoisotopic (exact) mass is 636 g/mol. The Kier molecular flexibility index (Phi) is 5.51. The first-order valence-electron chi connectivity index (χ1n) is 17.5. The smallest absolute Gasteiger partial charge is 0.143 e. The van der Waals surface area contributed by atoms with E-state index >= 15 is 0 Å². The standard InChI is InChI=1S/C49H32O/c1-49(2)41-18-7-6-13-39(41)46-35(14-9-19-42(46)49)38-16-8-17-40-47-34(15-10-20-43(47)50-48(38)40)33-26-22-31-23-27-36-32(29-11-4-3-5-12-29)25-21-30-24-28-37(33)45(31)44(30)36/h3-28H,1-2H3. The topological polar surface area (TPSA) is 13.1 Å². The molecule has 1 aliphatic carbocycles. The average molecular weight is 637 g/mol. The van der Waals surface area contributed by atoms with Crippen LogP contribution in [0.15, 0.2) is 162 Å². The molecule has 0 N–H and O–H groups in total. The lowest BCUT2D eigenvalue weighted by atomic mass is 9.82. The average Bonchev–Trinajstić information content (AvgIpc) is 3.67. The second-order valence-corrected chi connectivity index (χ2v) is 14.4. The number of hydrogen-bond donors (Lipinski definition) is 0. The van der Waals surface area contributed by atoms with Gasteiger partial charge in [0.2, 0.25) is 0 Å². The van der Waals surface area contributed by atoms with Gasteiger partial charge in [-0.15, -0.1) is 0 Å². The van der Waals surface area contributed by atoms with Crippen molar-refractivity contribution in [1.82, 2.24) is 0 Å². The minimum atomic E-state index is -0.0617. The zero-order chi connectivity index (χ0) is 33.1. The Morgan fingerprint density at radius 1 is 0.380 bits per heavy atom. The van der Waals surface area contributed by atoms with Gasteiger partial charge in [-0.25, -0.2) is 0 Å². The molecule has 0 saturated carbocycles. The minimum absolute atomic E-state index is 0.0617. The van der Waals surface area contributed by atoms with E-state index in [1.807, 2.05) is 0 Å². The maximum atomic E-state index is 6.89. The van der Waals surface area contributed by atoms with Crippen molar-refractivity contribution in [2.24, 2.45) is 0 Å². The molecule has 0 aliphatic heterocycles. The molecule has 0 unspecified atom stereocenters. The van der Waals surface area contributed by atoms with Crippen molar-refractivity contribution in [1.29, 1.82) is 0 Å². The Hall–Kier alpha value is -6.18. The third kappa shape index (κ3) is 3.62. The van der Waals surface area contributed by atoms with E-state index in [0.717, 1.165) is 27.5 Å². The molecule has 0 saturated heterocycles. The Morgan fingerprint density at radius 2 is 0.980 bits per heavy atom. The molecule has 1 heteroatoms. The van der Waals surface area contributed by atoms with E-state index in [9.17, 15) is 0 Å². The number of furan rings is 1. The van der Waals surface area contributed by atoms with Crippen LogP contribution in [0.2, 0.25) is 0 Å². The molecule has 0 amide bonds. The first-order valence-corrected chi connectivity index (χ1v) is 17.5. The van der Waals surface area contributed by atoms with Crippen LogP contribution in [0.1, 0.15) is 25.0 Å². The molecule has 0 radical (unpaired) electrons. The molecular formula is C49H32O. The van der Waals surface area contributed by atoms with Crippen LogP contribution < -0.4 is 0 Å². The number of benzene rings is 9. The molecule has 0 bridgehead atoms. The fraction of sp³-hybridized carbons (Fsp3) is 0.0612. The normalized spacial score (nSPS) is 13.6. The van der Waals surface area contributed by atoms with Crippen LogP contribution >= 0.6 is 0 Å². The predicted octanol–water partition coefficient (Wildman–Crippen LogP) is 13.8. The Bertz CT molecular complexity index is 2990. The quantitative estimate of drug-likeness (QED) is 0.176. The van der Waals surface area contributed by atoms with Gasteiger partial charge >= 0.3 is 0 Å². The summed E-state index contributed by atoms with van der Waals surface area (Å²) in [5.74, 6) is 0. The highest BCUT2D eigenvalue weighted by Gasteiger charge is 2.37. The zero-order valence-corrected chi connectivity index (χ0v) is 27.9. The second kappa shape index (κ2) is 9.94. The van der Waals surface area contributed by atoms with E-state index in [2.05, 4.69) is 172 Å². The minimum Gasteiger partial charge on any atom is -0.455 e. The zero-order valence-electron chi connectivity index (χ0n) is 27.9. The van der Waals surface area contributed by atoms with E-state index < -0.39 is 0 Å². The van der Waals surface area contributed by atoms with Crippen molar-refractivity contribution in [2.75, 3.05) is 0 Å². The molecule has 1 aromatic heterocycles. The highest BCUT2D eigenvalue weighted by molar-refractivity contribution is 6.29. The lowest BCUT2D eigenvalue weighted by Crippen LogP contribution is -2.14. The summed E-state index contributed by atoms with van der Waals surface area (Å²) in [6, 6.07) is 58.0. The van der Waals surface area contributed by atoms with E-state index in [4.69, 9.17) is 4.42 Å². The lowest BCUT2D eigenvalue weighted by Gasteiger charge is -2.21. The molecule has 11 rings (SSSR count). The van der Waals surface area contributed by atoms with E-state index in [-0.39, 0.29) is 5.41 Å². The van der Waals surface area contributed by atoms with Gasteiger partial charge in [-0.1, -0.05) is 166 Å². The van der Waals surface area contributed by atoms with Crippen LogP contribution in [-0.4, -0.2) is 0 Å². The molecule has 0 spiro atoms.